The Balaban J connectivity index is 1.45. The van der Waals surface area contributed by atoms with E-state index in [0.29, 0.717) is 43.3 Å². The SMILES string of the molecule is CC(=O)C1=NN2c3cc(F)ccc3OCC2[C@@]1(CCCN1CCN(C(N)=O)CC1)c1ccccc1. The average Bonchev–Trinajstić information content (AvgIpc) is 3.21. The van der Waals surface area contributed by atoms with E-state index in [-0.39, 0.29) is 23.7 Å². The number of ether oxygens (including phenoxy) is 1. The number of piperazine rings is 1. The van der Waals surface area contributed by atoms with Crippen molar-refractivity contribution in [3.8, 4) is 5.75 Å². The van der Waals surface area contributed by atoms with Gasteiger partial charge in [-0.2, -0.15) is 5.10 Å². The first kappa shape index (κ1) is 23.3. The average molecular weight is 480 g/mol. The number of hydrogen-bond donors (Lipinski definition) is 1. The van der Waals surface area contributed by atoms with E-state index in [9.17, 15) is 14.0 Å². The van der Waals surface area contributed by atoms with Crippen molar-refractivity contribution in [2.24, 2.45) is 10.8 Å². The highest BCUT2D eigenvalue weighted by Gasteiger charge is 2.55. The van der Waals surface area contributed by atoms with Gasteiger partial charge < -0.3 is 15.4 Å². The van der Waals surface area contributed by atoms with E-state index in [1.807, 2.05) is 30.3 Å². The summed E-state index contributed by atoms with van der Waals surface area (Å²) in [4.78, 5) is 28.4. The maximum atomic E-state index is 14.2. The molecule has 5 rings (SSSR count). The smallest absolute Gasteiger partial charge is 0.314 e. The van der Waals surface area contributed by atoms with Crippen LogP contribution in [-0.2, 0) is 10.2 Å². The summed E-state index contributed by atoms with van der Waals surface area (Å²) in [5.41, 5.74) is 6.75. The third-order valence-corrected chi connectivity index (χ3v) is 7.41. The molecule has 0 radical (unpaired) electrons. The quantitative estimate of drug-likeness (QED) is 0.688. The minimum absolute atomic E-state index is 0.101. The Morgan fingerprint density at radius 1 is 1.14 bits per heavy atom. The van der Waals surface area contributed by atoms with Gasteiger partial charge in [-0.25, -0.2) is 9.18 Å². The monoisotopic (exact) mass is 479 g/mol. The highest BCUT2D eigenvalue weighted by atomic mass is 19.1. The minimum Gasteiger partial charge on any atom is -0.489 e. The largest absolute Gasteiger partial charge is 0.489 e. The Bertz CT molecular complexity index is 1150. The fourth-order valence-electron chi connectivity index (χ4n) is 5.68. The normalized spacial score (nSPS) is 23.8. The Labute approximate surface area is 204 Å². The molecule has 2 amide bonds. The number of fused-ring (bicyclic) bond motifs is 3. The number of hydrogen-bond acceptors (Lipinski definition) is 6. The Kier molecular flexibility index (Phi) is 6.19. The third kappa shape index (κ3) is 4.14. The van der Waals surface area contributed by atoms with Crippen LogP contribution in [-0.4, -0.2) is 72.7 Å². The number of anilines is 1. The van der Waals surface area contributed by atoms with Crippen molar-refractivity contribution in [1.82, 2.24) is 9.80 Å². The molecule has 1 saturated heterocycles. The number of carbonyl (C=O) groups excluding carboxylic acids is 2. The van der Waals surface area contributed by atoms with E-state index in [1.54, 1.807) is 22.9 Å². The lowest BCUT2D eigenvalue weighted by molar-refractivity contribution is -0.111. The molecule has 35 heavy (non-hydrogen) atoms. The predicted octanol–water partition coefficient (Wildman–Crippen LogP) is 2.77. The van der Waals surface area contributed by atoms with Crippen LogP contribution in [0.2, 0.25) is 0 Å². The molecule has 3 aliphatic heterocycles. The number of hydrazone groups is 1. The number of Topliss-reactive ketones (excluding diaryl/α,β-unsaturated/α-hetero) is 1. The molecule has 0 bridgehead atoms. The molecule has 0 spiro atoms. The number of urea groups is 1. The maximum Gasteiger partial charge on any atom is 0.314 e. The summed E-state index contributed by atoms with van der Waals surface area (Å²) in [7, 11) is 0. The second-order valence-corrected chi connectivity index (χ2v) is 9.40. The first-order valence-electron chi connectivity index (χ1n) is 12.0. The lowest BCUT2D eigenvalue weighted by Gasteiger charge is -2.42. The predicted molar refractivity (Wildman–Crippen MR) is 131 cm³/mol. The van der Waals surface area contributed by atoms with E-state index >= 15 is 0 Å². The van der Waals surface area contributed by atoms with Crippen LogP contribution in [0.25, 0.3) is 0 Å². The first-order valence-corrected chi connectivity index (χ1v) is 12.0. The first-order chi connectivity index (χ1) is 16.9. The zero-order valence-corrected chi connectivity index (χ0v) is 19.8. The fourth-order valence-corrected chi connectivity index (χ4v) is 5.68. The van der Waals surface area contributed by atoms with Crippen LogP contribution < -0.4 is 15.5 Å². The number of primary amides is 1. The van der Waals surface area contributed by atoms with Crippen molar-refractivity contribution in [3.63, 3.8) is 0 Å². The van der Waals surface area contributed by atoms with Gasteiger partial charge in [0.15, 0.2) is 5.78 Å². The minimum atomic E-state index is -0.688. The molecule has 0 aliphatic carbocycles. The van der Waals surface area contributed by atoms with Gasteiger partial charge in [0.1, 0.15) is 35.6 Å². The number of carbonyl (C=O) groups is 2. The molecule has 1 fully saturated rings. The molecular weight excluding hydrogens is 449 g/mol. The van der Waals surface area contributed by atoms with Crippen LogP contribution in [0.15, 0.2) is 53.6 Å². The second kappa shape index (κ2) is 9.30. The van der Waals surface area contributed by atoms with E-state index in [4.69, 9.17) is 15.6 Å². The number of nitrogens with two attached hydrogens (primary N) is 1. The van der Waals surface area contributed by atoms with Gasteiger partial charge in [-0.15, -0.1) is 0 Å². The Morgan fingerprint density at radius 2 is 1.89 bits per heavy atom. The van der Waals surface area contributed by atoms with Crippen molar-refractivity contribution < 1.29 is 18.7 Å². The molecule has 9 heteroatoms. The number of halogens is 1. The summed E-state index contributed by atoms with van der Waals surface area (Å²) >= 11 is 0. The number of rotatable bonds is 6. The molecule has 2 aromatic carbocycles. The van der Waals surface area contributed by atoms with Gasteiger partial charge in [-0.1, -0.05) is 30.3 Å². The summed E-state index contributed by atoms with van der Waals surface area (Å²) in [5.74, 6) is 0.0849. The molecular formula is C26H30FN5O3. The number of amides is 2. The Hall–Kier alpha value is -3.46. The number of ketones is 1. The molecule has 0 saturated carbocycles. The van der Waals surface area contributed by atoms with Gasteiger partial charge in [0.05, 0.1) is 5.41 Å². The van der Waals surface area contributed by atoms with Gasteiger partial charge >= 0.3 is 6.03 Å². The van der Waals surface area contributed by atoms with E-state index in [2.05, 4.69) is 4.90 Å². The van der Waals surface area contributed by atoms with Crippen molar-refractivity contribution in [1.29, 1.82) is 0 Å². The maximum absolute atomic E-state index is 14.2. The molecule has 2 N–H and O–H groups in total. The van der Waals surface area contributed by atoms with Gasteiger partial charge in [0.2, 0.25) is 0 Å². The van der Waals surface area contributed by atoms with Crippen molar-refractivity contribution in [3.05, 3.63) is 59.9 Å². The zero-order valence-electron chi connectivity index (χ0n) is 19.8. The molecule has 2 atom stereocenters. The molecule has 0 aromatic heterocycles. The summed E-state index contributed by atoms with van der Waals surface area (Å²) in [6.45, 7) is 5.47. The van der Waals surface area contributed by atoms with Crippen LogP contribution in [0.3, 0.4) is 0 Å². The van der Waals surface area contributed by atoms with Crippen molar-refractivity contribution in [2.45, 2.75) is 31.2 Å². The lowest BCUT2D eigenvalue weighted by Crippen LogP contribution is -2.54. The number of benzene rings is 2. The highest BCUT2D eigenvalue weighted by Crippen LogP contribution is 2.48. The summed E-state index contributed by atoms with van der Waals surface area (Å²) < 4.78 is 20.2. The van der Waals surface area contributed by atoms with Crippen LogP contribution in [0.5, 0.6) is 5.75 Å². The van der Waals surface area contributed by atoms with Crippen molar-refractivity contribution >= 4 is 23.2 Å². The summed E-state index contributed by atoms with van der Waals surface area (Å²) in [6, 6.07) is 13.7. The standard InChI is InChI=1S/C26H30FN5O3/c1-18(33)24-26(19-6-3-2-4-7-19,10-5-11-30-12-14-31(15-13-30)25(28)34)23-17-35-22-9-8-20(27)16-21(22)32(23)29-24/h2-4,6-9,16,23H,5,10-15,17H2,1H3,(H2,28,34)/t23?,26-/m1/s1. The molecule has 184 valence electrons. The van der Waals surface area contributed by atoms with Crippen LogP contribution >= 0.6 is 0 Å². The van der Waals surface area contributed by atoms with Gasteiger partial charge in [0, 0.05) is 39.2 Å². The number of nitrogens with zero attached hydrogens (tertiary/aromatic N) is 4. The third-order valence-electron chi connectivity index (χ3n) is 7.41. The van der Waals surface area contributed by atoms with Crippen LogP contribution in [0, 0.1) is 5.82 Å². The second-order valence-electron chi connectivity index (χ2n) is 9.40. The molecule has 1 unspecified atom stereocenters. The van der Waals surface area contributed by atoms with Gasteiger partial charge in [-0.3, -0.25) is 14.7 Å². The van der Waals surface area contributed by atoms with Crippen molar-refractivity contribution in [2.75, 3.05) is 44.3 Å². The van der Waals surface area contributed by atoms with E-state index in [1.165, 1.54) is 12.1 Å². The summed E-state index contributed by atoms with van der Waals surface area (Å²) in [5, 5.41) is 6.59. The molecule has 2 aromatic rings. The molecule has 3 aliphatic rings. The topological polar surface area (TPSA) is 91.5 Å². The van der Waals surface area contributed by atoms with Gasteiger partial charge in [-0.05, 0) is 37.1 Å². The Morgan fingerprint density at radius 3 is 2.57 bits per heavy atom. The van der Waals surface area contributed by atoms with Gasteiger partial charge in [0.25, 0.3) is 0 Å². The lowest BCUT2D eigenvalue weighted by atomic mass is 9.67. The highest BCUT2D eigenvalue weighted by molar-refractivity contribution is 6.43. The summed E-state index contributed by atoms with van der Waals surface area (Å²) in [6.07, 6.45) is 1.50. The van der Waals surface area contributed by atoms with Crippen LogP contribution in [0.4, 0.5) is 14.9 Å². The zero-order chi connectivity index (χ0) is 24.6. The van der Waals surface area contributed by atoms with E-state index < -0.39 is 5.41 Å². The fraction of sp³-hybridized carbons (Fsp3) is 0.423. The van der Waals surface area contributed by atoms with Crippen LogP contribution in [0.1, 0.15) is 25.3 Å². The molecule has 3 heterocycles. The molecule has 8 nitrogen and oxygen atoms in total. The van der Waals surface area contributed by atoms with E-state index in [0.717, 1.165) is 31.6 Å².